The summed E-state index contributed by atoms with van der Waals surface area (Å²) in [7, 11) is 0. The minimum atomic E-state index is 0.0601. The van der Waals surface area contributed by atoms with Crippen molar-refractivity contribution in [2.45, 2.75) is 13.0 Å². The summed E-state index contributed by atoms with van der Waals surface area (Å²) >= 11 is 0. The molecule has 114 valence electrons. The molecule has 1 fully saturated rings. The molecule has 0 aromatic carbocycles. The van der Waals surface area contributed by atoms with Crippen LogP contribution in [0.15, 0.2) is 0 Å². The van der Waals surface area contributed by atoms with E-state index in [9.17, 15) is 0 Å². The minimum Gasteiger partial charge on any atom is -0.377 e. The molecule has 0 aromatic rings. The second-order valence-corrected chi connectivity index (χ2v) is 4.21. The fraction of sp³-hybridized carbons (Fsp3) is 1.00. The van der Waals surface area contributed by atoms with Crippen molar-refractivity contribution in [2.75, 3.05) is 72.6 Å². The van der Waals surface area contributed by atoms with Crippen molar-refractivity contribution in [2.24, 2.45) is 0 Å². The predicted molar refractivity (Wildman–Crippen MR) is 71.6 cm³/mol. The molecule has 0 aromatic heterocycles. The molecule has 0 saturated carbocycles. The summed E-state index contributed by atoms with van der Waals surface area (Å²) in [5, 5.41) is 3.27. The van der Waals surface area contributed by atoms with Crippen molar-refractivity contribution in [3.05, 3.63) is 0 Å². The zero-order valence-electron chi connectivity index (χ0n) is 11.9. The number of likely N-dealkylation sites (N-methyl/N-ethyl adjacent to an activating group) is 1. The third-order valence-corrected chi connectivity index (χ3v) is 2.62. The highest BCUT2D eigenvalue weighted by Gasteiger charge is 2.09. The van der Waals surface area contributed by atoms with Crippen molar-refractivity contribution in [3.8, 4) is 0 Å². The van der Waals surface area contributed by atoms with Crippen LogP contribution in [-0.4, -0.2) is 78.7 Å². The molecule has 0 spiro atoms. The van der Waals surface area contributed by atoms with E-state index in [2.05, 4.69) is 12.2 Å². The van der Waals surface area contributed by atoms with Gasteiger partial charge in [-0.25, -0.2) is 0 Å². The van der Waals surface area contributed by atoms with Crippen molar-refractivity contribution in [3.63, 3.8) is 0 Å². The summed E-state index contributed by atoms with van der Waals surface area (Å²) in [4.78, 5) is 0. The molecule has 1 saturated heterocycles. The maximum atomic E-state index is 5.73. The summed E-state index contributed by atoms with van der Waals surface area (Å²) < 4.78 is 27.4. The Labute approximate surface area is 115 Å². The SMILES string of the molecule is CCNCC1COCCOCCOCCOCCO1. The first-order chi connectivity index (χ1) is 9.43. The Hall–Kier alpha value is -0.240. The van der Waals surface area contributed by atoms with Crippen LogP contribution in [0.2, 0.25) is 0 Å². The summed E-state index contributed by atoms with van der Waals surface area (Å²) in [6.07, 6.45) is 0.0601. The van der Waals surface area contributed by atoms with Gasteiger partial charge in [-0.1, -0.05) is 6.92 Å². The van der Waals surface area contributed by atoms with E-state index >= 15 is 0 Å². The van der Waals surface area contributed by atoms with Crippen molar-refractivity contribution < 1.29 is 23.7 Å². The number of rotatable bonds is 3. The molecule has 1 unspecified atom stereocenters. The third kappa shape index (κ3) is 10.2. The van der Waals surface area contributed by atoms with Crippen molar-refractivity contribution >= 4 is 0 Å². The van der Waals surface area contributed by atoms with Crippen LogP contribution in [0.5, 0.6) is 0 Å². The molecule has 0 bridgehead atoms. The smallest absolute Gasteiger partial charge is 0.0933 e. The van der Waals surface area contributed by atoms with Crippen molar-refractivity contribution in [1.29, 1.82) is 0 Å². The molecular weight excluding hydrogens is 250 g/mol. The van der Waals surface area contributed by atoms with Crippen LogP contribution in [0.25, 0.3) is 0 Å². The predicted octanol–water partition coefficient (Wildman–Crippen LogP) is 0.0611. The fourth-order valence-corrected chi connectivity index (χ4v) is 1.62. The van der Waals surface area contributed by atoms with Gasteiger partial charge in [-0.3, -0.25) is 0 Å². The van der Waals surface area contributed by atoms with E-state index in [0.717, 1.165) is 13.1 Å². The van der Waals surface area contributed by atoms with Gasteiger partial charge in [-0.15, -0.1) is 0 Å². The van der Waals surface area contributed by atoms with Crippen LogP contribution in [0.1, 0.15) is 6.92 Å². The van der Waals surface area contributed by atoms with E-state index in [1.807, 2.05) is 0 Å². The zero-order valence-corrected chi connectivity index (χ0v) is 11.9. The molecule has 1 heterocycles. The highest BCUT2D eigenvalue weighted by Crippen LogP contribution is 1.94. The van der Waals surface area contributed by atoms with E-state index in [-0.39, 0.29) is 6.10 Å². The highest BCUT2D eigenvalue weighted by atomic mass is 16.6. The highest BCUT2D eigenvalue weighted by molar-refractivity contribution is 4.60. The number of ether oxygens (including phenoxy) is 5. The van der Waals surface area contributed by atoms with Crippen LogP contribution >= 0.6 is 0 Å². The largest absolute Gasteiger partial charge is 0.377 e. The van der Waals surface area contributed by atoms with Gasteiger partial charge < -0.3 is 29.0 Å². The van der Waals surface area contributed by atoms with E-state index in [1.54, 1.807) is 0 Å². The van der Waals surface area contributed by atoms with Gasteiger partial charge in [0.25, 0.3) is 0 Å². The third-order valence-electron chi connectivity index (χ3n) is 2.62. The molecule has 0 aliphatic carbocycles. The van der Waals surface area contributed by atoms with E-state index < -0.39 is 0 Å². The van der Waals surface area contributed by atoms with E-state index in [4.69, 9.17) is 23.7 Å². The first-order valence-corrected chi connectivity index (χ1v) is 7.06. The lowest BCUT2D eigenvalue weighted by molar-refractivity contribution is -0.0443. The van der Waals surface area contributed by atoms with Crippen LogP contribution in [-0.2, 0) is 23.7 Å². The van der Waals surface area contributed by atoms with Gasteiger partial charge in [-0.2, -0.15) is 0 Å². The molecule has 6 heteroatoms. The normalized spacial score (nSPS) is 25.4. The molecule has 1 rings (SSSR count). The summed E-state index contributed by atoms with van der Waals surface area (Å²) in [6.45, 7) is 9.10. The topological polar surface area (TPSA) is 58.2 Å². The second kappa shape index (κ2) is 12.8. The van der Waals surface area contributed by atoms with Gasteiger partial charge in [-0.05, 0) is 6.54 Å². The molecule has 0 radical (unpaired) electrons. The Balaban J connectivity index is 2.21. The lowest BCUT2D eigenvalue weighted by Crippen LogP contribution is -2.34. The maximum absolute atomic E-state index is 5.73. The summed E-state index contributed by atoms with van der Waals surface area (Å²) in [5.74, 6) is 0. The zero-order chi connectivity index (χ0) is 13.6. The second-order valence-electron chi connectivity index (χ2n) is 4.21. The fourth-order valence-electron chi connectivity index (χ4n) is 1.62. The van der Waals surface area contributed by atoms with E-state index in [1.165, 1.54) is 0 Å². The average Bonchev–Trinajstić information content (AvgIpc) is 2.44. The maximum Gasteiger partial charge on any atom is 0.0933 e. The van der Waals surface area contributed by atoms with Crippen LogP contribution in [0.4, 0.5) is 0 Å². The molecule has 0 amide bonds. The van der Waals surface area contributed by atoms with Crippen LogP contribution < -0.4 is 5.32 Å². The molecular formula is C13H27NO5. The van der Waals surface area contributed by atoms with Gasteiger partial charge in [0.2, 0.25) is 0 Å². The summed E-state index contributed by atoms with van der Waals surface area (Å²) in [5.41, 5.74) is 0. The quantitative estimate of drug-likeness (QED) is 0.787. The first-order valence-electron chi connectivity index (χ1n) is 7.06. The molecule has 6 nitrogen and oxygen atoms in total. The van der Waals surface area contributed by atoms with E-state index in [0.29, 0.717) is 59.5 Å². The average molecular weight is 277 g/mol. The van der Waals surface area contributed by atoms with Crippen LogP contribution in [0.3, 0.4) is 0 Å². The Morgan fingerprint density at radius 1 is 0.789 bits per heavy atom. The number of hydrogen-bond acceptors (Lipinski definition) is 6. The standard InChI is InChI=1S/C13H27NO5/c1-2-14-11-13-12-18-8-7-16-4-3-15-5-6-17-9-10-19-13/h13-14H,2-12H2,1H3. The Bertz CT molecular complexity index is 178. The van der Waals surface area contributed by atoms with Crippen molar-refractivity contribution in [1.82, 2.24) is 5.32 Å². The number of nitrogens with one attached hydrogen (secondary N) is 1. The Kier molecular flexibility index (Phi) is 11.3. The lowest BCUT2D eigenvalue weighted by atomic mass is 10.3. The molecule has 1 N–H and O–H groups in total. The molecule has 1 atom stereocenters. The van der Waals surface area contributed by atoms with Gasteiger partial charge >= 0.3 is 0 Å². The van der Waals surface area contributed by atoms with Gasteiger partial charge in [0.05, 0.1) is 65.6 Å². The Morgan fingerprint density at radius 2 is 1.32 bits per heavy atom. The van der Waals surface area contributed by atoms with Gasteiger partial charge in [0.15, 0.2) is 0 Å². The molecule has 1 aliphatic heterocycles. The van der Waals surface area contributed by atoms with Gasteiger partial charge in [0, 0.05) is 6.54 Å². The number of hydrogen-bond donors (Lipinski definition) is 1. The van der Waals surface area contributed by atoms with Gasteiger partial charge in [0.1, 0.15) is 0 Å². The Morgan fingerprint density at radius 3 is 1.89 bits per heavy atom. The monoisotopic (exact) mass is 277 g/mol. The van der Waals surface area contributed by atoms with Crippen LogP contribution in [0, 0.1) is 0 Å². The minimum absolute atomic E-state index is 0.0601. The molecule has 1 aliphatic rings. The lowest BCUT2D eigenvalue weighted by Gasteiger charge is -2.18. The summed E-state index contributed by atoms with van der Waals surface area (Å²) in [6, 6.07) is 0. The first kappa shape index (κ1) is 16.8. The molecule has 19 heavy (non-hydrogen) atoms.